The van der Waals surface area contributed by atoms with Crippen LogP contribution in [-0.2, 0) is 11.8 Å². The SMILES string of the molecule is Cc1ccc(C(CN)(CO)Cc2cccc(Br)c2)cc1. The maximum atomic E-state index is 9.94. The van der Waals surface area contributed by atoms with Gasteiger partial charge >= 0.3 is 0 Å². The van der Waals surface area contributed by atoms with Crippen LogP contribution < -0.4 is 5.73 Å². The van der Waals surface area contributed by atoms with Gasteiger partial charge in [-0.15, -0.1) is 0 Å². The number of nitrogens with two attached hydrogens (primary N) is 1. The van der Waals surface area contributed by atoms with E-state index >= 15 is 0 Å². The van der Waals surface area contributed by atoms with E-state index in [2.05, 4.69) is 59.3 Å². The summed E-state index contributed by atoms with van der Waals surface area (Å²) in [4.78, 5) is 0. The van der Waals surface area contributed by atoms with Crippen LogP contribution in [0.1, 0.15) is 16.7 Å². The van der Waals surface area contributed by atoms with Crippen molar-refractivity contribution in [3.8, 4) is 0 Å². The number of aliphatic hydroxyl groups is 1. The fraction of sp³-hybridized carbons (Fsp3) is 0.294. The number of aliphatic hydroxyl groups excluding tert-OH is 1. The minimum absolute atomic E-state index is 0.0407. The third-order valence-electron chi connectivity index (χ3n) is 3.79. The Morgan fingerprint density at radius 2 is 1.85 bits per heavy atom. The molecule has 0 aliphatic rings. The third kappa shape index (κ3) is 3.29. The van der Waals surface area contributed by atoms with E-state index in [1.54, 1.807) is 0 Å². The highest BCUT2D eigenvalue weighted by Gasteiger charge is 2.30. The summed E-state index contributed by atoms with van der Waals surface area (Å²) in [6, 6.07) is 16.4. The Balaban J connectivity index is 2.36. The Kier molecular flexibility index (Phi) is 4.97. The van der Waals surface area contributed by atoms with Gasteiger partial charge in [-0.25, -0.2) is 0 Å². The summed E-state index contributed by atoms with van der Waals surface area (Å²) < 4.78 is 1.04. The molecule has 0 heterocycles. The highest BCUT2D eigenvalue weighted by molar-refractivity contribution is 9.10. The molecule has 0 amide bonds. The van der Waals surface area contributed by atoms with Gasteiger partial charge in [0.1, 0.15) is 0 Å². The summed E-state index contributed by atoms with van der Waals surface area (Å²) in [6.45, 7) is 2.51. The Morgan fingerprint density at radius 3 is 2.40 bits per heavy atom. The molecule has 0 radical (unpaired) electrons. The van der Waals surface area contributed by atoms with Gasteiger partial charge in [-0.2, -0.15) is 0 Å². The van der Waals surface area contributed by atoms with E-state index in [1.807, 2.05) is 12.1 Å². The highest BCUT2D eigenvalue weighted by atomic mass is 79.9. The summed E-state index contributed by atoms with van der Waals surface area (Å²) in [6.07, 6.45) is 0.725. The van der Waals surface area contributed by atoms with Crippen molar-refractivity contribution in [1.82, 2.24) is 0 Å². The Labute approximate surface area is 128 Å². The fourth-order valence-corrected chi connectivity index (χ4v) is 2.90. The number of hydrogen-bond acceptors (Lipinski definition) is 2. The summed E-state index contributed by atoms with van der Waals surface area (Å²) in [7, 11) is 0. The normalized spacial score (nSPS) is 14.0. The summed E-state index contributed by atoms with van der Waals surface area (Å²) in [5.74, 6) is 0. The van der Waals surface area contributed by atoms with E-state index in [4.69, 9.17) is 5.73 Å². The number of halogens is 1. The Bertz CT molecular complexity index is 561. The predicted molar refractivity (Wildman–Crippen MR) is 86.8 cm³/mol. The van der Waals surface area contributed by atoms with Crippen LogP contribution in [0.3, 0.4) is 0 Å². The predicted octanol–water partition coefficient (Wildman–Crippen LogP) is 3.19. The maximum Gasteiger partial charge on any atom is 0.0543 e. The lowest BCUT2D eigenvalue weighted by Crippen LogP contribution is -2.41. The van der Waals surface area contributed by atoms with Crippen molar-refractivity contribution >= 4 is 15.9 Å². The fourth-order valence-electron chi connectivity index (χ4n) is 2.45. The first kappa shape index (κ1) is 15.2. The van der Waals surface area contributed by atoms with Crippen molar-refractivity contribution in [3.05, 3.63) is 69.7 Å². The molecule has 0 saturated heterocycles. The lowest BCUT2D eigenvalue weighted by molar-refractivity contribution is 0.196. The maximum absolute atomic E-state index is 9.94. The second kappa shape index (κ2) is 6.53. The van der Waals surface area contributed by atoms with Crippen LogP contribution in [-0.4, -0.2) is 18.3 Å². The topological polar surface area (TPSA) is 46.2 Å². The van der Waals surface area contributed by atoms with Crippen molar-refractivity contribution < 1.29 is 5.11 Å². The molecule has 0 bridgehead atoms. The molecule has 2 nitrogen and oxygen atoms in total. The average molecular weight is 334 g/mol. The van der Waals surface area contributed by atoms with E-state index in [0.717, 1.165) is 16.5 Å². The summed E-state index contributed by atoms with van der Waals surface area (Å²) >= 11 is 3.49. The van der Waals surface area contributed by atoms with Crippen LogP contribution >= 0.6 is 15.9 Å². The molecule has 0 fully saturated rings. The zero-order valence-electron chi connectivity index (χ0n) is 11.6. The largest absolute Gasteiger partial charge is 0.395 e. The van der Waals surface area contributed by atoms with Gasteiger partial charge in [0.15, 0.2) is 0 Å². The number of benzene rings is 2. The quantitative estimate of drug-likeness (QED) is 0.882. The van der Waals surface area contributed by atoms with Crippen LogP contribution in [0, 0.1) is 6.92 Å². The summed E-state index contributed by atoms with van der Waals surface area (Å²) in [5, 5.41) is 9.94. The van der Waals surface area contributed by atoms with Gasteiger partial charge in [-0.05, 0) is 36.6 Å². The van der Waals surface area contributed by atoms with Crippen molar-refractivity contribution in [2.24, 2.45) is 5.73 Å². The minimum Gasteiger partial charge on any atom is -0.395 e. The second-order valence-corrected chi connectivity index (χ2v) is 6.23. The van der Waals surface area contributed by atoms with E-state index in [-0.39, 0.29) is 6.61 Å². The zero-order valence-corrected chi connectivity index (χ0v) is 13.2. The van der Waals surface area contributed by atoms with Crippen molar-refractivity contribution in [2.45, 2.75) is 18.8 Å². The monoisotopic (exact) mass is 333 g/mol. The molecule has 0 saturated carbocycles. The third-order valence-corrected chi connectivity index (χ3v) is 4.28. The van der Waals surface area contributed by atoms with E-state index in [9.17, 15) is 5.11 Å². The van der Waals surface area contributed by atoms with Gasteiger partial charge in [-0.1, -0.05) is 57.9 Å². The molecule has 2 aromatic carbocycles. The number of aryl methyl sites for hydroxylation is 1. The molecular weight excluding hydrogens is 314 g/mol. The molecule has 1 unspecified atom stereocenters. The second-order valence-electron chi connectivity index (χ2n) is 5.32. The van der Waals surface area contributed by atoms with Gasteiger partial charge < -0.3 is 10.8 Å². The van der Waals surface area contributed by atoms with Crippen LogP contribution in [0.2, 0.25) is 0 Å². The van der Waals surface area contributed by atoms with Gasteiger partial charge in [0, 0.05) is 16.4 Å². The first-order valence-electron chi connectivity index (χ1n) is 6.72. The first-order chi connectivity index (χ1) is 9.59. The molecule has 0 aromatic heterocycles. The van der Waals surface area contributed by atoms with Crippen molar-refractivity contribution in [3.63, 3.8) is 0 Å². The average Bonchev–Trinajstić information content (AvgIpc) is 2.46. The van der Waals surface area contributed by atoms with Gasteiger partial charge in [0.25, 0.3) is 0 Å². The molecule has 20 heavy (non-hydrogen) atoms. The highest BCUT2D eigenvalue weighted by Crippen LogP contribution is 2.28. The number of hydrogen-bond donors (Lipinski definition) is 2. The van der Waals surface area contributed by atoms with Crippen LogP contribution in [0.4, 0.5) is 0 Å². The lowest BCUT2D eigenvalue weighted by Gasteiger charge is -2.31. The van der Waals surface area contributed by atoms with Crippen LogP contribution in [0.25, 0.3) is 0 Å². The zero-order chi connectivity index (χ0) is 14.6. The standard InChI is InChI=1S/C17H20BrNO/c1-13-5-7-15(8-6-13)17(11-19,12-20)10-14-3-2-4-16(18)9-14/h2-9,20H,10-12,19H2,1H3. The van der Waals surface area contributed by atoms with Crippen LogP contribution in [0.15, 0.2) is 53.0 Å². The molecule has 3 heteroatoms. The van der Waals surface area contributed by atoms with Gasteiger partial charge in [0.2, 0.25) is 0 Å². The summed E-state index contributed by atoms with van der Waals surface area (Å²) in [5.41, 5.74) is 9.05. The van der Waals surface area contributed by atoms with Gasteiger partial charge in [0.05, 0.1) is 6.61 Å². The minimum atomic E-state index is -0.422. The number of rotatable bonds is 5. The Morgan fingerprint density at radius 1 is 1.15 bits per heavy atom. The first-order valence-corrected chi connectivity index (χ1v) is 7.51. The van der Waals surface area contributed by atoms with E-state index in [1.165, 1.54) is 11.1 Å². The molecule has 1 atom stereocenters. The van der Waals surface area contributed by atoms with Crippen molar-refractivity contribution in [1.29, 1.82) is 0 Å². The van der Waals surface area contributed by atoms with E-state index < -0.39 is 5.41 Å². The lowest BCUT2D eigenvalue weighted by atomic mass is 9.76. The Hall–Kier alpha value is -1.16. The molecule has 2 rings (SSSR count). The van der Waals surface area contributed by atoms with Gasteiger partial charge in [-0.3, -0.25) is 0 Å². The van der Waals surface area contributed by atoms with Crippen LogP contribution in [0.5, 0.6) is 0 Å². The molecule has 2 aromatic rings. The molecule has 0 aliphatic carbocycles. The van der Waals surface area contributed by atoms with Crippen molar-refractivity contribution in [2.75, 3.05) is 13.2 Å². The molecular formula is C17H20BrNO. The molecule has 0 spiro atoms. The van der Waals surface area contributed by atoms with E-state index in [0.29, 0.717) is 6.54 Å². The smallest absolute Gasteiger partial charge is 0.0543 e. The molecule has 0 aliphatic heterocycles. The molecule has 3 N–H and O–H groups in total. The molecule has 106 valence electrons.